The standard InChI is InChI=1S/C34H47ClN2O6S/c1-4-29-10-5-7-17-34(42-3,23-41-2)30-15-12-26(30)21-37-18-8-6-9-24-19-28(35)14-11-27(24)22-43-32-16-13-25(20-31(32)37)33(38)36-44(29,39)40/h11,13-14,16,19-20,26,29-30H,4-10,12,15,17-18,21-23H2,1-3H3,(H,36,38)/t26-,29+,30+,34+/m0/s1. The van der Waals surface area contributed by atoms with Crippen molar-refractivity contribution >= 4 is 33.2 Å². The molecule has 0 spiro atoms. The number of amides is 1. The van der Waals surface area contributed by atoms with Gasteiger partial charge in [0.15, 0.2) is 0 Å². The Labute approximate surface area is 267 Å². The highest BCUT2D eigenvalue weighted by Crippen LogP contribution is 2.47. The van der Waals surface area contributed by atoms with Crippen LogP contribution in [0.2, 0.25) is 5.02 Å². The van der Waals surface area contributed by atoms with E-state index in [1.54, 1.807) is 32.4 Å². The van der Waals surface area contributed by atoms with Gasteiger partial charge in [-0.2, -0.15) is 0 Å². The van der Waals surface area contributed by atoms with Gasteiger partial charge in [-0.3, -0.25) is 4.79 Å². The molecule has 0 saturated heterocycles. The number of methoxy groups -OCH3 is 2. The van der Waals surface area contributed by atoms with Gasteiger partial charge in [-0.05, 0) is 105 Å². The van der Waals surface area contributed by atoms with Crippen LogP contribution in [0.4, 0.5) is 5.69 Å². The van der Waals surface area contributed by atoms with Gasteiger partial charge in [-0.15, -0.1) is 0 Å². The normalized spacial score (nSPS) is 27.9. The summed E-state index contributed by atoms with van der Waals surface area (Å²) in [6, 6.07) is 11.2. The molecule has 10 heteroatoms. The van der Waals surface area contributed by atoms with Crippen LogP contribution in [-0.4, -0.2) is 59.1 Å². The second-order valence-electron chi connectivity index (χ2n) is 12.7. The highest BCUT2D eigenvalue weighted by atomic mass is 35.5. The fourth-order valence-electron chi connectivity index (χ4n) is 7.41. The monoisotopic (exact) mass is 646 g/mol. The average Bonchev–Trinajstić information content (AvgIpc) is 3.01. The fraction of sp³-hybridized carbons (Fsp3) is 0.618. The maximum absolute atomic E-state index is 13.4. The van der Waals surface area contributed by atoms with E-state index in [0.717, 1.165) is 75.7 Å². The van der Waals surface area contributed by atoms with Crippen LogP contribution >= 0.6 is 11.6 Å². The number of ether oxygens (including phenoxy) is 3. The third-order valence-electron chi connectivity index (χ3n) is 10.1. The smallest absolute Gasteiger partial charge is 0.264 e. The van der Waals surface area contributed by atoms with Crippen molar-refractivity contribution < 1.29 is 27.4 Å². The van der Waals surface area contributed by atoms with E-state index in [1.807, 2.05) is 25.1 Å². The second-order valence-corrected chi connectivity index (χ2v) is 15.1. The maximum Gasteiger partial charge on any atom is 0.264 e. The molecule has 0 aromatic heterocycles. The number of nitrogens with one attached hydrogen (secondary N) is 1. The summed E-state index contributed by atoms with van der Waals surface area (Å²) in [5, 5.41) is 0.0677. The Bertz CT molecular complexity index is 1420. The summed E-state index contributed by atoms with van der Waals surface area (Å²) in [4.78, 5) is 15.8. The molecule has 1 saturated carbocycles. The van der Waals surface area contributed by atoms with E-state index in [2.05, 4.69) is 9.62 Å². The number of carbonyl (C=O) groups excluding carboxylic acids is 1. The molecule has 0 unspecified atom stereocenters. The average molecular weight is 647 g/mol. The number of nitrogens with zero attached hydrogens (tertiary/aromatic N) is 1. The van der Waals surface area contributed by atoms with Crippen molar-refractivity contribution in [1.29, 1.82) is 0 Å². The Hall–Kier alpha value is -2.33. The lowest BCUT2D eigenvalue weighted by atomic mass is 9.63. The Morgan fingerprint density at radius 3 is 2.61 bits per heavy atom. The molecule has 5 rings (SSSR count). The molecule has 2 bridgehead atoms. The molecule has 2 aromatic carbocycles. The zero-order valence-electron chi connectivity index (χ0n) is 26.3. The van der Waals surface area contributed by atoms with Crippen molar-refractivity contribution in [1.82, 2.24) is 4.72 Å². The van der Waals surface area contributed by atoms with E-state index in [4.69, 9.17) is 25.8 Å². The van der Waals surface area contributed by atoms with Gasteiger partial charge in [-0.1, -0.05) is 37.4 Å². The van der Waals surface area contributed by atoms with Gasteiger partial charge >= 0.3 is 0 Å². The third kappa shape index (κ3) is 7.22. The number of fused-ring (bicyclic) bond motifs is 3. The molecule has 4 atom stereocenters. The summed E-state index contributed by atoms with van der Waals surface area (Å²) in [6.07, 6.45) is 8.25. The van der Waals surface area contributed by atoms with E-state index in [9.17, 15) is 13.2 Å². The minimum absolute atomic E-state index is 0.306. The summed E-state index contributed by atoms with van der Waals surface area (Å²) < 4.78 is 47.6. The van der Waals surface area contributed by atoms with Gasteiger partial charge in [0.2, 0.25) is 10.0 Å². The third-order valence-corrected chi connectivity index (χ3v) is 12.2. The molecule has 2 aromatic rings. The molecular formula is C34H47ClN2O6S. The number of sulfonamides is 1. The Morgan fingerprint density at radius 2 is 1.89 bits per heavy atom. The largest absolute Gasteiger partial charge is 0.487 e. The van der Waals surface area contributed by atoms with Crippen LogP contribution in [0.15, 0.2) is 36.4 Å². The number of hydrogen-bond acceptors (Lipinski definition) is 7. The molecule has 1 fully saturated rings. The quantitative estimate of drug-likeness (QED) is 0.404. The molecule has 44 heavy (non-hydrogen) atoms. The first-order valence-corrected chi connectivity index (χ1v) is 18.0. The van der Waals surface area contributed by atoms with Crippen molar-refractivity contribution in [3.63, 3.8) is 0 Å². The van der Waals surface area contributed by atoms with E-state index in [-0.39, 0.29) is 0 Å². The van der Waals surface area contributed by atoms with Crippen LogP contribution in [0.5, 0.6) is 5.75 Å². The number of anilines is 1. The topological polar surface area (TPSA) is 94.2 Å². The molecule has 2 aliphatic heterocycles. The summed E-state index contributed by atoms with van der Waals surface area (Å²) in [6.45, 7) is 4.30. The van der Waals surface area contributed by atoms with Gasteiger partial charge in [0.05, 0.1) is 23.1 Å². The van der Waals surface area contributed by atoms with Crippen LogP contribution in [0, 0.1) is 11.8 Å². The minimum atomic E-state index is -3.86. The van der Waals surface area contributed by atoms with Crippen LogP contribution in [-0.2, 0) is 32.5 Å². The molecule has 8 nitrogen and oxygen atoms in total. The molecule has 2 heterocycles. The minimum Gasteiger partial charge on any atom is -0.487 e. The highest BCUT2D eigenvalue weighted by Gasteiger charge is 2.48. The number of aryl methyl sites for hydroxylation is 1. The SMILES string of the molecule is CC[C@@H]1CCCC[C@](COC)(OC)[C@@H]2CC[C@H]2CN2CCCCc3cc(Cl)ccc3COc3ccc(cc32)C(=O)NS1(=O)=O. The lowest BCUT2D eigenvalue weighted by Gasteiger charge is -2.51. The van der Waals surface area contributed by atoms with Gasteiger partial charge < -0.3 is 19.1 Å². The Balaban J connectivity index is 1.56. The summed E-state index contributed by atoms with van der Waals surface area (Å²) in [5.41, 5.74) is 2.96. The first-order chi connectivity index (χ1) is 21.2. The zero-order chi connectivity index (χ0) is 31.3. The van der Waals surface area contributed by atoms with Crippen LogP contribution in [0.1, 0.15) is 86.2 Å². The van der Waals surface area contributed by atoms with Gasteiger partial charge in [-0.25, -0.2) is 13.1 Å². The van der Waals surface area contributed by atoms with Crippen molar-refractivity contribution in [2.75, 3.05) is 38.8 Å². The molecule has 1 N–H and O–H groups in total. The summed E-state index contributed by atoms with van der Waals surface area (Å²) in [7, 11) is -0.351. The van der Waals surface area contributed by atoms with Crippen molar-refractivity contribution in [3.05, 3.63) is 58.1 Å². The molecule has 0 radical (unpaired) electrons. The zero-order valence-corrected chi connectivity index (χ0v) is 27.9. The molecule has 1 aliphatic carbocycles. The number of halogens is 1. The molecular weight excluding hydrogens is 600 g/mol. The first kappa shape index (κ1) is 33.0. The lowest BCUT2D eigenvalue weighted by molar-refractivity contribution is -0.147. The fourth-order valence-corrected chi connectivity index (χ4v) is 9.06. The number of carbonyl (C=O) groups is 1. The summed E-state index contributed by atoms with van der Waals surface area (Å²) in [5.74, 6) is 0.762. The van der Waals surface area contributed by atoms with Gasteiger partial charge in [0.25, 0.3) is 5.91 Å². The molecule has 3 aliphatic rings. The Kier molecular flexibility index (Phi) is 10.8. The van der Waals surface area contributed by atoms with E-state index in [0.29, 0.717) is 54.2 Å². The number of benzene rings is 2. The number of rotatable bonds is 4. The maximum atomic E-state index is 13.4. The van der Waals surface area contributed by atoms with Gasteiger partial charge in [0, 0.05) is 37.9 Å². The molecule has 1 amide bonds. The van der Waals surface area contributed by atoms with E-state index in [1.165, 1.54) is 5.56 Å². The second kappa shape index (κ2) is 14.4. The first-order valence-electron chi connectivity index (χ1n) is 16.1. The van der Waals surface area contributed by atoms with Crippen LogP contribution < -0.4 is 14.4 Å². The van der Waals surface area contributed by atoms with Gasteiger partial charge in [0.1, 0.15) is 12.4 Å². The van der Waals surface area contributed by atoms with Crippen molar-refractivity contribution in [2.45, 2.75) is 88.6 Å². The van der Waals surface area contributed by atoms with E-state index < -0.39 is 26.8 Å². The Morgan fingerprint density at radius 1 is 1.05 bits per heavy atom. The molecule has 242 valence electrons. The van der Waals surface area contributed by atoms with Crippen LogP contribution in [0.25, 0.3) is 0 Å². The predicted octanol–water partition coefficient (Wildman–Crippen LogP) is 6.53. The highest BCUT2D eigenvalue weighted by molar-refractivity contribution is 7.90. The predicted molar refractivity (Wildman–Crippen MR) is 174 cm³/mol. The van der Waals surface area contributed by atoms with E-state index >= 15 is 0 Å². The van der Waals surface area contributed by atoms with Crippen molar-refractivity contribution in [2.24, 2.45) is 11.8 Å². The van der Waals surface area contributed by atoms with Crippen molar-refractivity contribution in [3.8, 4) is 5.75 Å². The van der Waals surface area contributed by atoms with Crippen LogP contribution in [0.3, 0.4) is 0 Å². The lowest BCUT2D eigenvalue weighted by Crippen LogP contribution is -2.54. The summed E-state index contributed by atoms with van der Waals surface area (Å²) >= 11 is 6.34. The number of hydrogen-bond donors (Lipinski definition) is 1.